The average Bonchev–Trinajstić information content (AvgIpc) is 2.87. The van der Waals surface area contributed by atoms with Crippen molar-refractivity contribution in [3.63, 3.8) is 0 Å². The van der Waals surface area contributed by atoms with E-state index in [0.29, 0.717) is 6.42 Å². The van der Waals surface area contributed by atoms with Crippen LogP contribution in [0.5, 0.6) is 5.75 Å². The van der Waals surface area contributed by atoms with E-state index in [1.807, 2.05) is 23.1 Å². The number of amidine groups is 1. The van der Waals surface area contributed by atoms with E-state index in [1.54, 1.807) is 18.9 Å². The second-order valence-electron chi connectivity index (χ2n) is 5.69. The zero-order valence-corrected chi connectivity index (χ0v) is 14.7. The lowest BCUT2D eigenvalue weighted by Crippen LogP contribution is -2.39. The maximum atomic E-state index is 12.4. The highest BCUT2D eigenvalue weighted by atomic mass is 32.2. The fraction of sp³-hybridized carbons (Fsp3) is 0.529. The van der Waals surface area contributed by atoms with Crippen molar-refractivity contribution >= 4 is 29.2 Å². The minimum absolute atomic E-state index is 0.153. The summed E-state index contributed by atoms with van der Waals surface area (Å²) in [6, 6.07) is 5.92. The van der Waals surface area contributed by atoms with E-state index in [4.69, 9.17) is 9.73 Å². The summed E-state index contributed by atoms with van der Waals surface area (Å²) in [4.78, 5) is 22.5. The number of aliphatic imine (C=N–C) groups is 1. The summed E-state index contributed by atoms with van der Waals surface area (Å²) < 4.78 is 5.28. The number of carbonyl (C=O) groups is 1. The Hall–Kier alpha value is -1.53. The van der Waals surface area contributed by atoms with E-state index in [0.717, 1.165) is 48.3 Å². The van der Waals surface area contributed by atoms with Gasteiger partial charge in [0.05, 0.1) is 18.0 Å². The van der Waals surface area contributed by atoms with Crippen LogP contribution in [0, 0.1) is 0 Å². The number of benzene rings is 1. The Morgan fingerprint density at radius 3 is 2.87 bits per heavy atom. The standard InChI is InChI=1S/C17H23N3O2S/c1-4-19(5-2)8-9-20-16(21)11-15-17(20)18-13-10-12(22-3)6-7-14(13)23-15/h6-7,10,15H,4-5,8-9,11H2,1-3H3. The largest absolute Gasteiger partial charge is 0.497 e. The molecule has 1 aromatic rings. The molecule has 0 spiro atoms. The molecule has 1 amide bonds. The second-order valence-corrected chi connectivity index (χ2v) is 6.93. The first kappa shape index (κ1) is 16.3. The summed E-state index contributed by atoms with van der Waals surface area (Å²) in [5.74, 6) is 1.90. The molecule has 0 N–H and O–H groups in total. The fourth-order valence-electron chi connectivity index (χ4n) is 3.00. The van der Waals surface area contributed by atoms with Crippen molar-refractivity contribution in [1.29, 1.82) is 0 Å². The summed E-state index contributed by atoms with van der Waals surface area (Å²) in [5, 5.41) is 0.153. The smallest absolute Gasteiger partial charge is 0.229 e. The van der Waals surface area contributed by atoms with Crippen molar-refractivity contribution in [2.24, 2.45) is 4.99 Å². The molecule has 1 aromatic carbocycles. The van der Waals surface area contributed by atoms with Crippen LogP contribution in [0.2, 0.25) is 0 Å². The van der Waals surface area contributed by atoms with Crippen LogP contribution in [0.3, 0.4) is 0 Å². The van der Waals surface area contributed by atoms with Gasteiger partial charge >= 0.3 is 0 Å². The Morgan fingerprint density at radius 1 is 1.39 bits per heavy atom. The lowest BCUT2D eigenvalue weighted by molar-refractivity contribution is -0.125. The topological polar surface area (TPSA) is 45.1 Å². The molecule has 124 valence electrons. The van der Waals surface area contributed by atoms with Gasteiger partial charge in [-0.3, -0.25) is 9.69 Å². The van der Waals surface area contributed by atoms with Gasteiger partial charge in [-0.2, -0.15) is 0 Å². The first-order chi connectivity index (χ1) is 11.2. The van der Waals surface area contributed by atoms with Gasteiger partial charge in [0.2, 0.25) is 5.91 Å². The fourth-order valence-corrected chi connectivity index (χ4v) is 4.19. The number of hydrogen-bond donors (Lipinski definition) is 0. The SMILES string of the molecule is CCN(CC)CCN1C(=O)CC2Sc3ccc(OC)cc3N=C21. The molecule has 0 radical (unpaired) electrons. The minimum Gasteiger partial charge on any atom is -0.497 e. The summed E-state index contributed by atoms with van der Waals surface area (Å²) in [6.07, 6.45) is 0.549. The molecule has 23 heavy (non-hydrogen) atoms. The van der Waals surface area contributed by atoms with E-state index in [2.05, 4.69) is 18.7 Å². The van der Waals surface area contributed by atoms with Crippen LogP contribution in [-0.2, 0) is 4.79 Å². The zero-order valence-electron chi connectivity index (χ0n) is 13.9. The number of thioether (sulfide) groups is 1. The molecule has 5 nitrogen and oxygen atoms in total. The quantitative estimate of drug-likeness (QED) is 0.803. The van der Waals surface area contributed by atoms with E-state index in [-0.39, 0.29) is 11.2 Å². The van der Waals surface area contributed by atoms with Crippen LogP contribution < -0.4 is 4.74 Å². The Morgan fingerprint density at radius 2 is 2.17 bits per heavy atom. The van der Waals surface area contributed by atoms with Crippen molar-refractivity contribution in [3.8, 4) is 5.75 Å². The van der Waals surface area contributed by atoms with Crippen LogP contribution in [0.4, 0.5) is 5.69 Å². The van der Waals surface area contributed by atoms with E-state index in [1.165, 1.54) is 0 Å². The number of hydrogen-bond acceptors (Lipinski definition) is 5. The first-order valence-electron chi connectivity index (χ1n) is 8.12. The number of ether oxygens (including phenoxy) is 1. The second kappa shape index (κ2) is 6.93. The Balaban J connectivity index is 1.82. The minimum atomic E-state index is 0.153. The summed E-state index contributed by atoms with van der Waals surface area (Å²) >= 11 is 1.74. The number of likely N-dealkylation sites (tertiary alicyclic amines) is 1. The van der Waals surface area contributed by atoms with Crippen LogP contribution in [0.15, 0.2) is 28.1 Å². The molecule has 2 aliphatic rings. The molecule has 1 saturated heterocycles. The van der Waals surface area contributed by atoms with E-state index < -0.39 is 0 Å². The van der Waals surface area contributed by atoms with Gasteiger partial charge in [-0.15, -0.1) is 11.8 Å². The predicted octanol–water partition coefficient (Wildman–Crippen LogP) is 2.77. The van der Waals surface area contributed by atoms with Gasteiger partial charge in [-0.25, -0.2) is 4.99 Å². The number of likely N-dealkylation sites (N-methyl/N-ethyl adjacent to an activating group) is 1. The average molecular weight is 333 g/mol. The molecule has 1 unspecified atom stereocenters. The maximum Gasteiger partial charge on any atom is 0.229 e. The molecular formula is C17H23N3O2S. The summed E-state index contributed by atoms with van der Waals surface area (Å²) in [5.41, 5.74) is 0.906. The number of fused-ring (bicyclic) bond motifs is 2. The molecule has 0 aromatic heterocycles. The van der Waals surface area contributed by atoms with Gasteiger partial charge in [0.25, 0.3) is 0 Å². The van der Waals surface area contributed by atoms with Crippen molar-refractivity contribution in [2.75, 3.05) is 33.3 Å². The zero-order chi connectivity index (χ0) is 16.4. The number of carbonyl (C=O) groups excluding carboxylic acids is 1. The normalized spacial score (nSPS) is 19.7. The highest BCUT2D eigenvalue weighted by Crippen LogP contribution is 2.43. The summed E-state index contributed by atoms with van der Waals surface area (Å²) in [7, 11) is 1.66. The van der Waals surface area contributed by atoms with Gasteiger partial charge < -0.3 is 9.64 Å². The lowest BCUT2D eigenvalue weighted by Gasteiger charge is -2.26. The molecule has 0 bridgehead atoms. The van der Waals surface area contributed by atoms with Crippen molar-refractivity contribution in [3.05, 3.63) is 18.2 Å². The molecule has 2 heterocycles. The molecular weight excluding hydrogens is 310 g/mol. The molecule has 2 aliphatic heterocycles. The monoisotopic (exact) mass is 333 g/mol. The highest BCUT2D eigenvalue weighted by Gasteiger charge is 2.39. The third-order valence-corrected chi connectivity index (χ3v) is 5.69. The molecule has 3 rings (SSSR count). The molecule has 0 saturated carbocycles. The Labute approximate surface area is 141 Å². The number of nitrogens with zero attached hydrogens (tertiary/aromatic N) is 3. The third-order valence-electron chi connectivity index (χ3n) is 4.43. The number of amides is 1. The van der Waals surface area contributed by atoms with E-state index in [9.17, 15) is 4.79 Å². The Kier molecular flexibility index (Phi) is 4.92. The number of methoxy groups -OCH3 is 1. The van der Waals surface area contributed by atoms with Crippen LogP contribution in [0.25, 0.3) is 0 Å². The van der Waals surface area contributed by atoms with Gasteiger partial charge in [-0.05, 0) is 25.2 Å². The molecule has 1 fully saturated rings. The van der Waals surface area contributed by atoms with E-state index >= 15 is 0 Å². The third kappa shape index (κ3) is 3.23. The van der Waals surface area contributed by atoms with Crippen LogP contribution in [0.1, 0.15) is 20.3 Å². The Bertz CT molecular complexity index is 628. The number of rotatable bonds is 6. The molecule has 0 aliphatic carbocycles. The van der Waals surface area contributed by atoms with Crippen molar-refractivity contribution in [2.45, 2.75) is 30.4 Å². The molecule has 6 heteroatoms. The van der Waals surface area contributed by atoms with Crippen LogP contribution >= 0.6 is 11.8 Å². The summed E-state index contributed by atoms with van der Waals surface area (Å²) in [6.45, 7) is 7.91. The van der Waals surface area contributed by atoms with Gasteiger partial charge in [0.1, 0.15) is 11.6 Å². The van der Waals surface area contributed by atoms with Gasteiger partial charge in [0.15, 0.2) is 0 Å². The van der Waals surface area contributed by atoms with Crippen molar-refractivity contribution in [1.82, 2.24) is 9.80 Å². The lowest BCUT2D eigenvalue weighted by atomic mass is 10.3. The van der Waals surface area contributed by atoms with Crippen LogP contribution in [-0.4, -0.2) is 60.1 Å². The predicted molar refractivity (Wildman–Crippen MR) is 93.9 cm³/mol. The van der Waals surface area contributed by atoms with Gasteiger partial charge in [-0.1, -0.05) is 13.8 Å². The first-order valence-corrected chi connectivity index (χ1v) is 9.00. The molecule has 1 atom stereocenters. The highest BCUT2D eigenvalue weighted by molar-refractivity contribution is 8.01. The van der Waals surface area contributed by atoms with Crippen molar-refractivity contribution < 1.29 is 9.53 Å². The maximum absolute atomic E-state index is 12.4. The van der Waals surface area contributed by atoms with Gasteiger partial charge in [0, 0.05) is 30.5 Å².